The van der Waals surface area contributed by atoms with Gasteiger partial charge in [0.05, 0.1) is 6.04 Å². The molecule has 196 valence electrons. The van der Waals surface area contributed by atoms with Crippen LogP contribution in [-0.2, 0) is 21.3 Å². The molecule has 0 saturated carbocycles. The summed E-state index contributed by atoms with van der Waals surface area (Å²) in [4.78, 5) is 18.2. The van der Waals surface area contributed by atoms with Crippen LogP contribution in [0.25, 0.3) is 0 Å². The lowest BCUT2D eigenvalue weighted by molar-refractivity contribution is 0.0602. The minimum atomic E-state index is -4.08. The van der Waals surface area contributed by atoms with Gasteiger partial charge in [-0.2, -0.15) is 0 Å². The lowest BCUT2D eigenvalue weighted by Crippen LogP contribution is -2.60. The molecule has 0 spiro atoms. The van der Waals surface area contributed by atoms with Gasteiger partial charge in [-0.25, -0.2) is 21.9 Å². The Labute approximate surface area is 212 Å². The van der Waals surface area contributed by atoms with Gasteiger partial charge in [-0.1, -0.05) is 37.3 Å². The van der Waals surface area contributed by atoms with E-state index in [9.17, 15) is 13.2 Å². The SMILES string of the molecule is CCN(Cc1ccccc1)CC1C(c2cc(N)ccc2F)NC(=NC(=O)OC(C)(C)C)N(C)S1(=O)=O. The van der Waals surface area contributed by atoms with Crippen LogP contribution in [0.3, 0.4) is 0 Å². The number of nitrogens with two attached hydrogens (primary N) is 1. The van der Waals surface area contributed by atoms with Gasteiger partial charge in [0.25, 0.3) is 0 Å². The van der Waals surface area contributed by atoms with Crippen molar-refractivity contribution in [1.29, 1.82) is 0 Å². The van der Waals surface area contributed by atoms with Crippen molar-refractivity contribution < 1.29 is 22.3 Å². The van der Waals surface area contributed by atoms with E-state index in [-0.39, 0.29) is 23.8 Å². The van der Waals surface area contributed by atoms with E-state index in [1.54, 1.807) is 20.8 Å². The van der Waals surface area contributed by atoms with Crippen molar-refractivity contribution in [2.75, 3.05) is 25.9 Å². The van der Waals surface area contributed by atoms with Gasteiger partial charge >= 0.3 is 6.09 Å². The highest BCUT2D eigenvalue weighted by atomic mass is 32.2. The third-order valence-electron chi connectivity index (χ3n) is 5.80. The molecule has 11 heteroatoms. The average molecular weight is 520 g/mol. The van der Waals surface area contributed by atoms with Crippen molar-refractivity contribution in [3.8, 4) is 0 Å². The number of hydrogen-bond donors (Lipinski definition) is 2. The van der Waals surface area contributed by atoms with Crippen LogP contribution in [0.2, 0.25) is 0 Å². The fraction of sp³-hybridized carbons (Fsp3) is 0.440. The molecule has 3 N–H and O–H groups in total. The zero-order valence-corrected chi connectivity index (χ0v) is 22.0. The molecule has 1 amide bonds. The van der Waals surface area contributed by atoms with E-state index in [0.29, 0.717) is 13.1 Å². The Balaban J connectivity index is 2.03. The fourth-order valence-electron chi connectivity index (χ4n) is 3.97. The zero-order chi connectivity index (χ0) is 26.7. The number of carbonyl (C=O) groups excluding carboxylic acids is 1. The number of benzene rings is 2. The molecule has 2 atom stereocenters. The van der Waals surface area contributed by atoms with Crippen LogP contribution in [0.1, 0.15) is 44.9 Å². The lowest BCUT2D eigenvalue weighted by Gasteiger charge is -2.41. The molecule has 2 unspecified atom stereocenters. The van der Waals surface area contributed by atoms with Gasteiger partial charge in [0.2, 0.25) is 16.0 Å². The first kappa shape index (κ1) is 27.4. The van der Waals surface area contributed by atoms with Gasteiger partial charge in [-0.3, -0.25) is 4.90 Å². The smallest absolute Gasteiger partial charge is 0.437 e. The molecule has 1 fully saturated rings. The van der Waals surface area contributed by atoms with Crippen molar-refractivity contribution in [2.24, 2.45) is 4.99 Å². The first-order chi connectivity index (χ1) is 16.8. The van der Waals surface area contributed by atoms with Crippen molar-refractivity contribution in [2.45, 2.75) is 51.1 Å². The normalized spacial score (nSPS) is 20.9. The summed E-state index contributed by atoms with van der Waals surface area (Å²) in [5, 5.41) is 1.88. The van der Waals surface area contributed by atoms with Crippen LogP contribution in [0.5, 0.6) is 0 Å². The topological polar surface area (TPSA) is 117 Å². The molecule has 1 aliphatic heterocycles. The summed E-state index contributed by atoms with van der Waals surface area (Å²) >= 11 is 0. The highest BCUT2D eigenvalue weighted by Crippen LogP contribution is 2.32. The number of nitrogens with one attached hydrogen (secondary N) is 1. The number of halogens is 1. The molecule has 36 heavy (non-hydrogen) atoms. The van der Waals surface area contributed by atoms with Gasteiger partial charge in [-0.05, 0) is 51.1 Å². The Morgan fingerprint density at radius 1 is 1.22 bits per heavy atom. The largest absolute Gasteiger partial charge is 0.442 e. The van der Waals surface area contributed by atoms with Crippen molar-refractivity contribution in [1.82, 2.24) is 14.5 Å². The molecular weight excluding hydrogens is 485 g/mol. The third-order valence-corrected chi connectivity index (χ3v) is 7.92. The van der Waals surface area contributed by atoms with E-state index >= 15 is 4.39 Å². The predicted molar refractivity (Wildman–Crippen MR) is 138 cm³/mol. The van der Waals surface area contributed by atoms with E-state index in [1.165, 1.54) is 25.2 Å². The Morgan fingerprint density at radius 3 is 2.50 bits per heavy atom. The van der Waals surface area contributed by atoms with Gasteiger partial charge < -0.3 is 15.8 Å². The minimum absolute atomic E-state index is 0.0735. The van der Waals surface area contributed by atoms with Crippen LogP contribution >= 0.6 is 0 Å². The van der Waals surface area contributed by atoms with Crippen LogP contribution in [0.4, 0.5) is 14.9 Å². The number of carbonyl (C=O) groups is 1. The average Bonchev–Trinajstić information content (AvgIpc) is 2.79. The number of nitrogens with zero attached hydrogens (tertiary/aromatic N) is 3. The molecule has 3 rings (SSSR count). The van der Waals surface area contributed by atoms with E-state index in [0.717, 1.165) is 9.87 Å². The Kier molecular flexibility index (Phi) is 8.25. The molecule has 0 aliphatic carbocycles. The summed E-state index contributed by atoms with van der Waals surface area (Å²) in [5.41, 5.74) is 6.47. The zero-order valence-electron chi connectivity index (χ0n) is 21.2. The van der Waals surface area contributed by atoms with Gasteiger partial charge in [0.15, 0.2) is 0 Å². The molecule has 0 radical (unpaired) electrons. The molecule has 1 aliphatic rings. The maximum atomic E-state index is 15.0. The molecule has 0 aromatic heterocycles. The monoisotopic (exact) mass is 519 g/mol. The van der Waals surface area contributed by atoms with Crippen molar-refractivity contribution in [3.05, 3.63) is 65.5 Å². The second-order valence-corrected chi connectivity index (χ2v) is 11.9. The maximum Gasteiger partial charge on any atom is 0.437 e. The molecule has 2 aromatic carbocycles. The highest BCUT2D eigenvalue weighted by Gasteiger charge is 2.46. The predicted octanol–water partition coefficient (Wildman–Crippen LogP) is 3.50. The Bertz CT molecular complexity index is 1210. The summed E-state index contributed by atoms with van der Waals surface area (Å²) < 4.78 is 48.6. The third kappa shape index (κ3) is 6.52. The first-order valence-corrected chi connectivity index (χ1v) is 13.2. The Morgan fingerprint density at radius 2 is 1.89 bits per heavy atom. The highest BCUT2D eigenvalue weighted by molar-refractivity contribution is 7.90. The molecule has 9 nitrogen and oxygen atoms in total. The summed E-state index contributed by atoms with van der Waals surface area (Å²) in [7, 11) is -2.78. The first-order valence-electron chi connectivity index (χ1n) is 11.7. The quantitative estimate of drug-likeness (QED) is 0.561. The van der Waals surface area contributed by atoms with Crippen molar-refractivity contribution >= 4 is 27.8 Å². The van der Waals surface area contributed by atoms with E-state index < -0.39 is 38.8 Å². The van der Waals surface area contributed by atoms with Crippen LogP contribution < -0.4 is 11.1 Å². The number of sulfonamides is 1. The number of ether oxygens (including phenoxy) is 1. The van der Waals surface area contributed by atoms with E-state index in [2.05, 4.69) is 10.3 Å². The fourth-order valence-corrected chi connectivity index (χ4v) is 5.67. The number of nitrogen functional groups attached to an aromatic ring is 1. The standard InChI is InChI=1S/C25H34FN5O4S/c1-6-31(15-17-10-8-7-9-11-17)16-21-22(19-14-18(27)12-13-20(19)26)28-23(30(5)36(21,33)34)29-24(32)35-25(2,3)4/h7-14,21-22H,6,15-16,27H2,1-5H3,(H,28,29,32). The lowest BCUT2D eigenvalue weighted by atomic mass is 10.0. The summed E-state index contributed by atoms with van der Waals surface area (Å²) in [6.45, 7) is 8.13. The number of aliphatic imine (C=N–C) groups is 1. The van der Waals surface area contributed by atoms with Crippen LogP contribution in [0.15, 0.2) is 53.5 Å². The summed E-state index contributed by atoms with van der Waals surface area (Å²) in [6.07, 6.45) is -0.962. The second kappa shape index (κ2) is 10.8. The van der Waals surface area contributed by atoms with Crippen LogP contribution in [0, 0.1) is 5.82 Å². The van der Waals surface area contributed by atoms with E-state index in [1.807, 2.05) is 42.2 Å². The molecular formula is C25H34FN5O4S. The minimum Gasteiger partial charge on any atom is -0.442 e. The summed E-state index contributed by atoms with van der Waals surface area (Å²) in [6, 6.07) is 12.6. The van der Waals surface area contributed by atoms with E-state index in [4.69, 9.17) is 10.5 Å². The number of amides is 1. The maximum absolute atomic E-state index is 15.0. The Hall–Kier alpha value is -3.18. The number of rotatable bonds is 6. The molecule has 1 saturated heterocycles. The molecule has 2 aromatic rings. The molecule has 1 heterocycles. The number of anilines is 1. The molecule has 0 bridgehead atoms. The second-order valence-electron chi connectivity index (χ2n) is 9.68. The van der Waals surface area contributed by atoms with Crippen molar-refractivity contribution in [3.63, 3.8) is 0 Å². The number of guanidine groups is 1. The van der Waals surface area contributed by atoms with Crippen LogP contribution in [-0.4, -0.2) is 60.7 Å². The van der Waals surface area contributed by atoms with Gasteiger partial charge in [0, 0.05) is 31.4 Å². The number of hydrogen-bond acceptors (Lipinski definition) is 6. The summed E-state index contributed by atoms with van der Waals surface area (Å²) in [5.74, 6) is -0.868. The van der Waals surface area contributed by atoms with Gasteiger partial charge in [0.1, 0.15) is 16.7 Å². The van der Waals surface area contributed by atoms with Gasteiger partial charge in [-0.15, -0.1) is 4.99 Å².